The lowest BCUT2D eigenvalue weighted by molar-refractivity contribution is 0.0594. The Morgan fingerprint density at radius 2 is 2.47 bits per heavy atom. The lowest BCUT2D eigenvalue weighted by Crippen LogP contribution is -2.21. The molecule has 1 aromatic rings. The summed E-state index contributed by atoms with van der Waals surface area (Å²) in [5.74, 6) is -0.423. The molecule has 0 spiro atoms. The zero-order valence-corrected chi connectivity index (χ0v) is 9.80. The highest BCUT2D eigenvalue weighted by molar-refractivity contribution is 5.86. The fraction of sp³-hybridized carbons (Fsp3) is 0.500. The minimum absolute atomic E-state index is 0.211. The normalized spacial score (nSPS) is 20.5. The van der Waals surface area contributed by atoms with E-state index in [4.69, 9.17) is 0 Å². The molecule has 1 N–H and O–H groups in total. The molecule has 5 nitrogen and oxygen atoms in total. The van der Waals surface area contributed by atoms with Gasteiger partial charge in [0, 0.05) is 25.8 Å². The monoisotopic (exact) mass is 236 g/mol. The summed E-state index contributed by atoms with van der Waals surface area (Å²) in [5.41, 5.74) is 1.35. The Balaban J connectivity index is 1.96. The summed E-state index contributed by atoms with van der Waals surface area (Å²) in [6.07, 6.45) is 2.29. The number of aliphatic hydroxyl groups is 1. The van der Waals surface area contributed by atoms with Gasteiger partial charge in [0.2, 0.25) is 0 Å². The number of nitrogens with zero attached hydrogens (tertiary/aromatic N) is 2. The lowest BCUT2D eigenvalue weighted by atomic mass is 10.2. The molecule has 0 bridgehead atoms. The van der Waals surface area contributed by atoms with Crippen LogP contribution in [0.5, 0.6) is 0 Å². The van der Waals surface area contributed by atoms with Crippen LogP contribution in [0, 0.1) is 0 Å². The second-order valence-corrected chi connectivity index (χ2v) is 4.22. The Morgan fingerprint density at radius 1 is 1.65 bits per heavy atom. The van der Waals surface area contributed by atoms with Crippen LogP contribution in [0.4, 0.5) is 0 Å². The maximum absolute atomic E-state index is 11.2. The van der Waals surface area contributed by atoms with Crippen molar-refractivity contribution in [2.75, 3.05) is 20.2 Å². The standard InChI is InChI=1S/C12H16N2O3/c1-17-12(16)11-3-2-9(6-13-11)7-14-5-4-10(15)8-14/h2-3,6,10,15H,4-5,7-8H2,1H3. The van der Waals surface area contributed by atoms with Gasteiger partial charge in [-0.05, 0) is 18.1 Å². The van der Waals surface area contributed by atoms with E-state index in [1.165, 1.54) is 7.11 Å². The van der Waals surface area contributed by atoms with Crippen molar-refractivity contribution in [2.45, 2.75) is 19.1 Å². The van der Waals surface area contributed by atoms with Gasteiger partial charge in [-0.15, -0.1) is 0 Å². The van der Waals surface area contributed by atoms with Crippen LogP contribution in [0.15, 0.2) is 18.3 Å². The van der Waals surface area contributed by atoms with E-state index < -0.39 is 5.97 Å². The van der Waals surface area contributed by atoms with Crippen LogP contribution in [0.2, 0.25) is 0 Å². The molecule has 1 aliphatic rings. The first kappa shape index (κ1) is 12.0. The number of hydrogen-bond acceptors (Lipinski definition) is 5. The van der Waals surface area contributed by atoms with Crippen molar-refractivity contribution in [1.82, 2.24) is 9.88 Å². The van der Waals surface area contributed by atoms with Crippen molar-refractivity contribution in [3.8, 4) is 0 Å². The largest absolute Gasteiger partial charge is 0.464 e. The molecule has 1 atom stereocenters. The van der Waals surface area contributed by atoms with E-state index in [2.05, 4.69) is 14.6 Å². The lowest BCUT2D eigenvalue weighted by Gasteiger charge is -2.14. The number of β-amino-alcohol motifs (C(OH)–C–C–N with tert-alkyl or cyclic N) is 1. The van der Waals surface area contributed by atoms with Gasteiger partial charge >= 0.3 is 5.97 Å². The summed E-state index contributed by atoms with van der Waals surface area (Å²) >= 11 is 0. The predicted octanol–water partition coefficient (Wildman–Crippen LogP) is 0.435. The molecule has 2 heterocycles. The molecule has 1 unspecified atom stereocenters. The third kappa shape index (κ3) is 3.01. The average molecular weight is 236 g/mol. The van der Waals surface area contributed by atoms with Crippen molar-refractivity contribution in [2.24, 2.45) is 0 Å². The van der Waals surface area contributed by atoms with E-state index in [0.717, 1.165) is 25.1 Å². The van der Waals surface area contributed by atoms with Gasteiger partial charge in [0.05, 0.1) is 13.2 Å². The molecule has 0 radical (unpaired) electrons. The zero-order valence-electron chi connectivity index (χ0n) is 9.80. The number of likely N-dealkylation sites (tertiary alicyclic amines) is 1. The van der Waals surface area contributed by atoms with Crippen LogP contribution in [0.25, 0.3) is 0 Å². The highest BCUT2D eigenvalue weighted by atomic mass is 16.5. The van der Waals surface area contributed by atoms with Gasteiger partial charge in [-0.2, -0.15) is 0 Å². The molecule has 1 aliphatic heterocycles. The number of hydrogen-bond donors (Lipinski definition) is 1. The summed E-state index contributed by atoms with van der Waals surface area (Å²) in [4.78, 5) is 17.4. The topological polar surface area (TPSA) is 62.7 Å². The number of ether oxygens (including phenoxy) is 1. The molecular formula is C12H16N2O3. The molecule has 1 saturated heterocycles. The number of aromatic nitrogens is 1. The highest BCUT2D eigenvalue weighted by Gasteiger charge is 2.20. The van der Waals surface area contributed by atoms with Gasteiger partial charge in [0.25, 0.3) is 0 Å². The molecule has 0 saturated carbocycles. The smallest absolute Gasteiger partial charge is 0.356 e. The first-order valence-corrected chi connectivity index (χ1v) is 5.62. The van der Waals surface area contributed by atoms with E-state index in [1.807, 2.05) is 6.07 Å². The molecule has 5 heteroatoms. The Morgan fingerprint density at radius 3 is 3.00 bits per heavy atom. The van der Waals surface area contributed by atoms with E-state index in [1.54, 1.807) is 12.3 Å². The average Bonchev–Trinajstić information content (AvgIpc) is 2.75. The second-order valence-electron chi connectivity index (χ2n) is 4.22. The SMILES string of the molecule is COC(=O)c1ccc(CN2CCC(O)C2)cn1. The van der Waals surface area contributed by atoms with Crippen molar-refractivity contribution < 1.29 is 14.6 Å². The van der Waals surface area contributed by atoms with Gasteiger partial charge in [0.1, 0.15) is 5.69 Å². The first-order valence-electron chi connectivity index (χ1n) is 5.62. The minimum Gasteiger partial charge on any atom is -0.464 e. The maximum atomic E-state index is 11.2. The summed E-state index contributed by atoms with van der Waals surface area (Å²) in [6.45, 7) is 2.37. The molecule has 0 aromatic carbocycles. The number of carbonyl (C=O) groups is 1. The number of aliphatic hydroxyl groups excluding tert-OH is 1. The fourth-order valence-electron chi connectivity index (χ4n) is 1.96. The minimum atomic E-state index is -0.423. The van der Waals surface area contributed by atoms with Crippen LogP contribution in [-0.4, -0.2) is 47.3 Å². The Bertz CT molecular complexity index is 391. The number of methoxy groups -OCH3 is 1. The van der Waals surface area contributed by atoms with Crippen LogP contribution in [0.1, 0.15) is 22.5 Å². The van der Waals surface area contributed by atoms with Gasteiger partial charge < -0.3 is 9.84 Å². The van der Waals surface area contributed by atoms with Crippen LogP contribution < -0.4 is 0 Å². The van der Waals surface area contributed by atoms with Crippen LogP contribution >= 0.6 is 0 Å². The Hall–Kier alpha value is -1.46. The summed E-state index contributed by atoms with van der Waals surface area (Å²) in [7, 11) is 1.34. The van der Waals surface area contributed by atoms with Gasteiger partial charge in [0.15, 0.2) is 0 Å². The summed E-state index contributed by atoms with van der Waals surface area (Å²) < 4.78 is 4.58. The van der Waals surface area contributed by atoms with Crippen molar-refractivity contribution in [3.63, 3.8) is 0 Å². The van der Waals surface area contributed by atoms with E-state index in [0.29, 0.717) is 12.2 Å². The number of carbonyl (C=O) groups excluding carboxylic acids is 1. The Labute approximate surface area is 100 Å². The third-order valence-electron chi connectivity index (χ3n) is 2.87. The van der Waals surface area contributed by atoms with Crippen molar-refractivity contribution >= 4 is 5.97 Å². The van der Waals surface area contributed by atoms with E-state index in [-0.39, 0.29) is 6.10 Å². The third-order valence-corrected chi connectivity index (χ3v) is 2.87. The van der Waals surface area contributed by atoms with E-state index in [9.17, 15) is 9.90 Å². The molecule has 1 fully saturated rings. The van der Waals surface area contributed by atoms with Crippen molar-refractivity contribution in [1.29, 1.82) is 0 Å². The quantitative estimate of drug-likeness (QED) is 0.771. The number of pyridine rings is 1. The molecule has 17 heavy (non-hydrogen) atoms. The summed E-state index contributed by atoms with van der Waals surface area (Å²) in [5, 5.41) is 9.41. The van der Waals surface area contributed by atoms with E-state index >= 15 is 0 Å². The molecular weight excluding hydrogens is 220 g/mol. The predicted molar refractivity (Wildman–Crippen MR) is 61.5 cm³/mol. The number of rotatable bonds is 3. The molecule has 1 aromatic heterocycles. The second kappa shape index (κ2) is 5.25. The van der Waals surface area contributed by atoms with Crippen molar-refractivity contribution in [3.05, 3.63) is 29.6 Å². The summed E-state index contributed by atoms with van der Waals surface area (Å²) in [6, 6.07) is 3.53. The first-order chi connectivity index (χ1) is 8.19. The highest BCUT2D eigenvalue weighted by Crippen LogP contribution is 2.13. The molecule has 92 valence electrons. The van der Waals surface area contributed by atoms with Crippen LogP contribution in [0.3, 0.4) is 0 Å². The zero-order chi connectivity index (χ0) is 12.3. The van der Waals surface area contributed by atoms with Gasteiger partial charge in [-0.3, -0.25) is 4.90 Å². The number of esters is 1. The maximum Gasteiger partial charge on any atom is 0.356 e. The Kier molecular flexibility index (Phi) is 3.71. The fourth-order valence-corrected chi connectivity index (χ4v) is 1.96. The van der Waals surface area contributed by atoms with Gasteiger partial charge in [-0.25, -0.2) is 9.78 Å². The molecule has 0 amide bonds. The molecule has 2 rings (SSSR count). The molecule has 0 aliphatic carbocycles. The van der Waals surface area contributed by atoms with Gasteiger partial charge in [-0.1, -0.05) is 6.07 Å². The van der Waals surface area contributed by atoms with Crippen LogP contribution in [-0.2, 0) is 11.3 Å².